The second-order valence-corrected chi connectivity index (χ2v) is 3.57. The number of rotatable bonds is 0. The molecular weight excluding hydrogens is 210 g/mol. The summed E-state index contributed by atoms with van der Waals surface area (Å²) in [6, 6.07) is 3.78. The van der Waals surface area contributed by atoms with Crippen LogP contribution in [0.1, 0.15) is 0 Å². The summed E-state index contributed by atoms with van der Waals surface area (Å²) in [6.45, 7) is 0. The van der Waals surface area contributed by atoms with Crippen molar-refractivity contribution in [3.63, 3.8) is 0 Å². The Bertz CT molecular complexity index is 651. The molecule has 3 aromatic rings. The molecule has 3 rings (SSSR count). The van der Waals surface area contributed by atoms with Gasteiger partial charge in [0.15, 0.2) is 0 Å². The third-order valence-corrected chi connectivity index (χ3v) is 2.64. The fraction of sp³-hybridized carbons (Fsp3) is 0. The summed E-state index contributed by atoms with van der Waals surface area (Å²) in [6.07, 6.45) is 6.95. The molecule has 0 aliphatic heterocycles. The molecule has 0 aliphatic carbocycles. The van der Waals surface area contributed by atoms with Crippen molar-refractivity contribution in [3.8, 4) is 0 Å². The lowest BCUT2D eigenvalue weighted by Crippen LogP contribution is -1.86. The van der Waals surface area contributed by atoms with E-state index >= 15 is 0 Å². The predicted molar refractivity (Wildman–Crippen MR) is 59.8 cm³/mol. The molecule has 0 spiro atoms. The molecule has 0 aromatic carbocycles. The standard InChI is InChI=1S/C11H6ClN3/c12-11-8-2-4-13-5-9(8)7-1-3-14-6-10(7)15-11/h1-6H. The molecule has 0 aliphatic rings. The van der Waals surface area contributed by atoms with E-state index in [9.17, 15) is 0 Å². The molecular formula is C11H6ClN3. The van der Waals surface area contributed by atoms with Crippen LogP contribution in [0.25, 0.3) is 21.7 Å². The van der Waals surface area contributed by atoms with Crippen LogP contribution in [0.3, 0.4) is 0 Å². The van der Waals surface area contributed by atoms with Crippen molar-refractivity contribution in [3.05, 3.63) is 42.1 Å². The summed E-state index contributed by atoms with van der Waals surface area (Å²) in [5, 5.41) is 3.45. The van der Waals surface area contributed by atoms with Gasteiger partial charge in [0.1, 0.15) is 5.15 Å². The van der Waals surface area contributed by atoms with Crippen molar-refractivity contribution in [1.29, 1.82) is 0 Å². The van der Waals surface area contributed by atoms with Crippen molar-refractivity contribution >= 4 is 33.3 Å². The summed E-state index contributed by atoms with van der Waals surface area (Å²) >= 11 is 6.07. The molecule has 4 heteroatoms. The highest BCUT2D eigenvalue weighted by Gasteiger charge is 2.05. The van der Waals surface area contributed by atoms with Gasteiger partial charge in [-0.1, -0.05) is 11.6 Å². The fourth-order valence-corrected chi connectivity index (χ4v) is 1.91. The number of pyridine rings is 3. The quantitative estimate of drug-likeness (QED) is 0.428. The van der Waals surface area contributed by atoms with E-state index < -0.39 is 0 Å². The number of aromatic nitrogens is 3. The van der Waals surface area contributed by atoms with Crippen molar-refractivity contribution in [2.45, 2.75) is 0 Å². The van der Waals surface area contributed by atoms with Gasteiger partial charge in [-0.05, 0) is 12.1 Å². The van der Waals surface area contributed by atoms with Gasteiger partial charge in [0, 0.05) is 34.7 Å². The highest BCUT2D eigenvalue weighted by atomic mass is 35.5. The largest absolute Gasteiger partial charge is 0.264 e. The first-order valence-corrected chi connectivity index (χ1v) is 4.87. The lowest BCUT2D eigenvalue weighted by molar-refractivity contribution is 1.31. The van der Waals surface area contributed by atoms with Gasteiger partial charge in [0.05, 0.1) is 11.7 Å². The van der Waals surface area contributed by atoms with E-state index in [0.29, 0.717) is 5.15 Å². The number of hydrogen-bond acceptors (Lipinski definition) is 3. The zero-order chi connectivity index (χ0) is 10.3. The average Bonchev–Trinajstić information content (AvgIpc) is 2.30. The van der Waals surface area contributed by atoms with Crippen LogP contribution in [0.2, 0.25) is 5.15 Å². The normalized spacial score (nSPS) is 11.0. The average molecular weight is 216 g/mol. The first-order valence-electron chi connectivity index (χ1n) is 4.49. The predicted octanol–water partition coefficient (Wildman–Crippen LogP) is 2.83. The molecule has 0 saturated heterocycles. The summed E-state index contributed by atoms with van der Waals surface area (Å²) in [7, 11) is 0. The van der Waals surface area contributed by atoms with Crippen molar-refractivity contribution in [1.82, 2.24) is 15.0 Å². The topological polar surface area (TPSA) is 38.7 Å². The number of halogens is 1. The third kappa shape index (κ3) is 1.24. The maximum atomic E-state index is 6.07. The van der Waals surface area contributed by atoms with E-state index in [2.05, 4.69) is 15.0 Å². The monoisotopic (exact) mass is 215 g/mol. The van der Waals surface area contributed by atoms with Crippen LogP contribution in [0, 0.1) is 0 Å². The SMILES string of the molecule is Clc1nc2cnccc2c2cnccc12. The zero-order valence-corrected chi connectivity index (χ0v) is 8.44. The molecule has 0 radical (unpaired) electrons. The Kier molecular flexibility index (Phi) is 1.79. The molecule has 3 aromatic heterocycles. The van der Waals surface area contributed by atoms with Gasteiger partial charge in [-0.3, -0.25) is 9.97 Å². The van der Waals surface area contributed by atoms with Gasteiger partial charge in [-0.15, -0.1) is 0 Å². The van der Waals surface area contributed by atoms with Gasteiger partial charge in [-0.2, -0.15) is 0 Å². The van der Waals surface area contributed by atoms with E-state index in [4.69, 9.17) is 11.6 Å². The third-order valence-electron chi connectivity index (χ3n) is 2.35. The maximum Gasteiger partial charge on any atom is 0.137 e. The minimum absolute atomic E-state index is 0.493. The summed E-state index contributed by atoms with van der Waals surface area (Å²) in [5.41, 5.74) is 0.794. The summed E-state index contributed by atoms with van der Waals surface area (Å²) in [5.74, 6) is 0. The maximum absolute atomic E-state index is 6.07. The van der Waals surface area contributed by atoms with Gasteiger partial charge in [0.2, 0.25) is 0 Å². The van der Waals surface area contributed by atoms with Gasteiger partial charge >= 0.3 is 0 Å². The van der Waals surface area contributed by atoms with Crippen molar-refractivity contribution < 1.29 is 0 Å². The van der Waals surface area contributed by atoms with Crippen molar-refractivity contribution in [2.24, 2.45) is 0 Å². The molecule has 3 heterocycles. The Morgan fingerprint density at radius 2 is 1.60 bits per heavy atom. The summed E-state index contributed by atoms with van der Waals surface area (Å²) in [4.78, 5) is 12.4. The van der Waals surface area contributed by atoms with E-state index in [1.807, 2.05) is 12.1 Å². The van der Waals surface area contributed by atoms with Crippen molar-refractivity contribution in [2.75, 3.05) is 0 Å². The van der Waals surface area contributed by atoms with Crippen LogP contribution in [-0.4, -0.2) is 15.0 Å². The van der Waals surface area contributed by atoms with E-state index in [0.717, 1.165) is 21.7 Å². The molecule has 15 heavy (non-hydrogen) atoms. The number of hydrogen-bond donors (Lipinski definition) is 0. The molecule has 72 valence electrons. The fourth-order valence-electron chi connectivity index (χ4n) is 1.66. The van der Waals surface area contributed by atoms with Crippen LogP contribution in [0.5, 0.6) is 0 Å². The Labute approximate surface area is 90.8 Å². The minimum Gasteiger partial charge on any atom is -0.264 e. The Morgan fingerprint density at radius 3 is 2.47 bits per heavy atom. The minimum atomic E-state index is 0.493. The van der Waals surface area contributed by atoms with Gasteiger partial charge in [-0.25, -0.2) is 4.98 Å². The Hall–Kier alpha value is -1.74. The lowest BCUT2D eigenvalue weighted by atomic mass is 10.1. The second-order valence-electron chi connectivity index (χ2n) is 3.22. The second kappa shape index (κ2) is 3.14. The van der Waals surface area contributed by atoms with Gasteiger partial charge < -0.3 is 0 Å². The molecule has 0 saturated carbocycles. The Morgan fingerprint density at radius 1 is 0.867 bits per heavy atom. The number of fused-ring (bicyclic) bond motifs is 3. The molecule has 3 nitrogen and oxygen atoms in total. The molecule has 0 unspecified atom stereocenters. The van der Waals surface area contributed by atoms with Crippen LogP contribution >= 0.6 is 11.6 Å². The van der Waals surface area contributed by atoms with E-state index in [1.165, 1.54) is 0 Å². The molecule has 0 atom stereocenters. The summed E-state index contributed by atoms with van der Waals surface area (Å²) < 4.78 is 0. The first-order chi connectivity index (χ1) is 7.36. The van der Waals surface area contributed by atoms with Crippen LogP contribution in [0.15, 0.2) is 36.9 Å². The van der Waals surface area contributed by atoms with Crippen LogP contribution < -0.4 is 0 Å². The molecule has 0 fully saturated rings. The van der Waals surface area contributed by atoms with Gasteiger partial charge in [0.25, 0.3) is 0 Å². The lowest BCUT2D eigenvalue weighted by Gasteiger charge is -2.03. The highest BCUT2D eigenvalue weighted by molar-refractivity contribution is 6.35. The van der Waals surface area contributed by atoms with E-state index in [-0.39, 0.29) is 0 Å². The van der Waals surface area contributed by atoms with Crippen LogP contribution in [-0.2, 0) is 0 Å². The first kappa shape index (κ1) is 8.56. The molecule has 0 N–H and O–H groups in total. The molecule has 0 amide bonds. The smallest absolute Gasteiger partial charge is 0.137 e. The van der Waals surface area contributed by atoms with Crippen LogP contribution in [0.4, 0.5) is 0 Å². The Balaban J connectivity index is 2.64. The zero-order valence-electron chi connectivity index (χ0n) is 7.68. The van der Waals surface area contributed by atoms with E-state index in [1.54, 1.807) is 24.8 Å². The number of nitrogens with zero attached hydrogens (tertiary/aromatic N) is 3. The highest BCUT2D eigenvalue weighted by Crippen LogP contribution is 2.27. The molecule has 0 bridgehead atoms.